The molecule has 1 aromatic carbocycles. The summed E-state index contributed by atoms with van der Waals surface area (Å²) in [5.74, 6) is 0. The van der Waals surface area contributed by atoms with Gasteiger partial charge in [0.2, 0.25) is 0 Å². The number of benzene rings is 1. The molecule has 2 aromatic rings. The summed E-state index contributed by atoms with van der Waals surface area (Å²) < 4.78 is 0. The Morgan fingerprint density at radius 2 is 1.74 bits per heavy atom. The number of urea groups is 1. The Morgan fingerprint density at radius 1 is 1.11 bits per heavy atom. The van der Waals surface area contributed by atoms with Crippen molar-refractivity contribution < 1.29 is 4.79 Å². The lowest BCUT2D eigenvalue weighted by Gasteiger charge is -2.08. The zero-order valence-electron chi connectivity index (χ0n) is 9.86. The summed E-state index contributed by atoms with van der Waals surface area (Å²) in [6, 6.07) is 12.3. The molecule has 19 heavy (non-hydrogen) atoms. The number of carbonyl (C=O) groups is 1. The van der Waals surface area contributed by atoms with Crippen molar-refractivity contribution in [3.05, 3.63) is 58.3 Å². The maximum Gasteiger partial charge on any atom is 0.319 e. The lowest BCUT2D eigenvalue weighted by molar-refractivity contribution is 0.251. The third kappa shape index (κ3) is 4.43. The van der Waals surface area contributed by atoms with E-state index in [1.165, 1.54) is 12.1 Å². The van der Waals surface area contributed by atoms with Crippen molar-refractivity contribution in [3.8, 4) is 0 Å². The van der Waals surface area contributed by atoms with Crippen LogP contribution in [0.5, 0.6) is 0 Å². The zero-order valence-corrected chi connectivity index (χ0v) is 11.4. The first kappa shape index (κ1) is 13.6. The van der Waals surface area contributed by atoms with Crippen molar-refractivity contribution in [1.82, 2.24) is 10.3 Å². The number of hydrogen-bond donors (Lipinski definition) is 2. The molecule has 0 saturated carbocycles. The Hall–Kier alpha value is -1.78. The predicted octanol–water partition coefficient (Wildman–Crippen LogP) is 3.71. The Balaban J connectivity index is 1.91. The minimum atomic E-state index is -0.331. The standard InChI is InChI=1S/C13H11Cl2N3O/c14-11-6-10(7-12(15)18-11)17-13(19)16-8-9-4-2-1-3-5-9/h1-7H,8H2,(H2,16,17,18,19). The fraction of sp³-hybridized carbons (Fsp3) is 0.0769. The molecule has 2 rings (SSSR count). The van der Waals surface area contributed by atoms with Crippen LogP contribution in [0.4, 0.5) is 10.5 Å². The van der Waals surface area contributed by atoms with E-state index in [0.29, 0.717) is 12.2 Å². The van der Waals surface area contributed by atoms with Gasteiger partial charge in [-0.2, -0.15) is 0 Å². The smallest absolute Gasteiger partial charge is 0.319 e. The average Bonchev–Trinajstić information content (AvgIpc) is 2.36. The number of nitrogens with zero attached hydrogens (tertiary/aromatic N) is 1. The largest absolute Gasteiger partial charge is 0.334 e. The van der Waals surface area contributed by atoms with Gasteiger partial charge in [0.25, 0.3) is 0 Å². The molecular formula is C13H11Cl2N3O. The highest BCUT2D eigenvalue weighted by Gasteiger charge is 2.04. The zero-order chi connectivity index (χ0) is 13.7. The van der Waals surface area contributed by atoms with Gasteiger partial charge in [-0.15, -0.1) is 0 Å². The molecule has 2 N–H and O–H groups in total. The number of rotatable bonds is 3. The molecule has 0 fully saturated rings. The monoisotopic (exact) mass is 295 g/mol. The van der Waals surface area contributed by atoms with Crippen LogP contribution in [0.1, 0.15) is 5.56 Å². The van der Waals surface area contributed by atoms with Crippen molar-refractivity contribution in [1.29, 1.82) is 0 Å². The third-order valence-electron chi connectivity index (χ3n) is 2.32. The molecule has 1 aromatic heterocycles. The molecule has 0 saturated heterocycles. The molecule has 0 spiro atoms. The molecule has 2 amide bonds. The quantitative estimate of drug-likeness (QED) is 0.848. The number of amides is 2. The van der Waals surface area contributed by atoms with E-state index in [2.05, 4.69) is 15.6 Å². The van der Waals surface area contributed by atoms with Crippen LogP contribution in [0.25, 0.3) is 0 Å². The van der Waals surface area contributed by atoms with Gasteiger partial charge in [-0.25, -0.2) is 9.78 Å². The van der Waals surface area contributed by atoms with Gasteiger partial charge in [0, 0.05) is 12.2 Å². The molecule has 0 atom stereocenters. The van der Waals surface area contributed by atoms with Crippen LogP contribution in [-0.2, 0) is 6.54 Å². The summed E-state index contributed by atoms with van der Waals surface area (Å²) in [4.78, 5) is 15.5. The summed E-state index contributed by atoms with van der Waals surface area (Å²) in [7, 11) is 0. The Labute approximate surface area is 120 Å². The van der Waals surface area contributed by atoms with E-state index >= 15 is 0 Å². The van der Waals surface area contributed by atoms with Gasteiger partial charge >= 0.3 is 6.03 Å². The molecule has 1 heterocycles. The number of hydrogen-bond acceptors (Lipinski definition) is 2. The van der Waals surface area contributed by atoms with Crippen LogP contribution in [0, 0.1) is 0 Å². The van der Waals surface area contributed by atoms with E-state index < -0.39 is 0 Å². The second-order valence-corrected chi connectivity index (χ2v) is 4.57. The van der Waals surface area contributed by atoms with Crippen molar-refractivity contribution in [2.24, 2.45) is 0 Å². The molecule has 98 valence electrons. The number of carbonyl (C=O) groups excluding carboxylic acids is 1. The highest BCUT2D eigenvalue weighted by Crippen LogP contribution is 2.18. The van der Waals surface area contributed by atoms with E-state index in [9.17, 15) is 4.79 Å². The van der Waals surface area contributed by atoms with Gasteiger partial charge in [0.05, 0.1) is 0 Å². The number of halogens is 2. The lowest BCUT2D eigenvalue weighted by Crippen LogP contribution is -2.28. The van der Waals surface area contributed by atoms with E-state index in [-0.39, 0.29) is 16.3 Å². The van der Waals surface area contributed by atoms with Gasteiger partial charge in [-0.05, 0) is 17.7 Å². The summed E-state index contributed by atoms with van der Waals surface area (Å²) in [5, 5.41) is 5.82. The van der Waals surface area contributed by atoms with Gasteiger partial charge in [0.15, 0.2) is 0 Å². The first-order valence-corrected chi connectivity index (χ1v) is 6.31. The van der Waals surface area contributed by atoms with Crippen LogP contribution in [0.2, 0.25) is 10.3 Å². The first-order valence-electron chi connectivity index (χ1n) is 5.55. The Bertz CT molecular complexity index is 555. The normalized spacial score (nSPS) is 10.0. The second kappa shape index (κ2) is 6.41. The maximum atomic E-state index is 11.7. The topological polar surface area (TPSA) is 54.0 Å². The fourth-order valence-corrected chi connectivity index (χ4v) is 1.95. The average molecular weight is 296 g/mol. The van der Waals surface area contributed by atoms with Crippen molar-refractivity contribution >= 4 is 34.9 Å². The molecule has 0 radical (unpaired) electrons. The van der Waals surface area contributed by atoms with Crippen LogP contribution in [0.3, 0.4) is 0 Å². The van der Waals surface area contributed by atoms with Gasteiger partial charge in [-0.1, -0.05) is 53.5 Å². The van der Waals surface area contributed by atoms with E-state index in [1.54, 1.807) is 0 Å². The minimum Gasteiger partial charge on any atom is -0.334 e. The summed E-state index contributed by atoms with van der Waals surface area (Å²) in [6.45, 7) is 0.444. The number of anilines is 1. The van der Waals surface area contributed by atoms with E-state index in [4.69, 9.17) is 23.2 Å². The number of nitrogens with one attached hydrogen (secondary N) is 2. The lowest BCUT2D eigenvalue weighted by atomic mass is 10.2. The van der Waals surface area contributed by atoms with Crippen molar-refractivity contribution in [2.45, 2.75) is 6.54 Å². The molecule has 0 aliphatic heterocycles. The molecule has 6 heteroatoms. The summed E-state index contributed by atoms with van der Waals surface area (Å²) >= 11 is 11.5. The summed E-state index contributed by atoms with van der Waals surface area (Å²) in [6.07, 6.45) is 0. The molecule has 0 aliphatic carbocycles. The number of aromatic nitrogens is 1. The highest BCUT2D eigenvalue weighted by molar-refractivity contribution is 6.32. The molecule has 0 bridgehead atoms. The van der Waals surface area contributed by atoms with Gasteiger partial charge in [-0.3, -0.25) is 0 Å². The van der Waals surface area contributed by atoms with Gasteiger partial charge in [0.1, 0.15) is 10.3 Å². The highest BCUT2D eigenvalue weighted by atomic mass is 35.5. The second-order valence-electron chi connectivity index (χ2n) is 3.79. The van der Waals surface area contributed by atoms with Crippen molar-refractivity contribution in [2.75, 3.05) is 5.32 Å². The first-order chi connectivity index (χ1) is 9.13. The molecular weight excluding hydrogens is 285 g/mol. The van der Waals surface area contributed by atoms with Crippen LogP contribution in [0.15, 0.2) is 42.5 Å². The fourth-order valence-electron chi connectivity index (χ4n) is 1.49. The van der Waals surface area contributed by atoms with Crippen LogP contribution >= 0.6 is 23.2 Å². The van der Waals surface area contributed by atoms with E-state index in [1.807, 2.05) is 30.3 Å². The maximum absolute atomic E-state index is 11.7. The minimum absolute atomic E-state index is 0.228. The van der Waals surface area contributed by atoms with Crippen LogP contribution in [-0.4, -0.2) is 11.0 Å². The number of pyridine rings is 1. The van der Waals surface area contributed by atoms with Gasteiger partial charge < -0.3 is 10.6 Å². The molecule has 4 nitrogen and oxygen atoms in total. The Morgan fingerprint density at radius 3 is 2.37 bits per heavy atom. The SMILES string of the molecule is O=C(NCc1ccccc1)Nc1cc(Cl)nc(Cl)c1. The third-order valence-corrected chi connectivity index (χ3v) is 2.70. The predicted molar refractivity (Wildman–Crippen MR) is 76.6 cm³/mol. The summed E-state index contributed by atoms with van der Waals surface area (Å²) in [5.41, 5.74) is 1.51. The molecule has 0 aliphatic rings. The molecule has 0 unspecified atom stereocenters. The van der Waals surface area contributed by atoms with Crippen molar-refractivity contribution in [3.63, 3.8) is 0 Å². The van der Waals surface area contributed by atoms with Crippen LogP contribution < -0.4 is 10.6 Å². The Kier molecular flexibility index (Phi) is 4.60. The van der Waals surface area contributed by atoms with E-state index in [0.717, 1.165) is 5.56 Å².